The average Bonchev–Trinajstić information content (AvgIpc) is 3.66. The fraction of sp³-hybridized carbons (Fsp3) is 0.444. The van der Waals surface area contributed by atoms with E-state index in [9.17, 15) is 9.90 Å². The first kappa shape index (κ1) is 30.0. The summed E-state index contributed by atoms with van der Waals surface area (Å²) in [6.45, 7) is 6.06. The zero-order valence-corrected chi connectivity index (χ0v) is 26.5. The predicted octanol–water partition coefficient (Wildman–Crippen LogP) is 5.58. The Labute approximate surface area is 273 Å². The predicted molar refractivity (Wildman–Crippen MR) is 176 cm³/mol. The number of benzene rings is 2. The van der Waals surface area contributed by atoms with Crippen molar-refractivity contribution in [3.05, 3.63) is 83.4 Å². The van der Waals surface area contributed by atoms with E-state index in [1.807, 2.05) is 24.4 Å². The lowest BCUT2D eigenvalue weighted by Crippen LogP contribution is -2.35. The van der Waals surface area contributed by atoms with E-state index >= 15 is 0 Å². The summed E-state index contributed by atoms with van der Waals surface area (Å²) in [6.07, 6.45) is 7.07. The summed E-state index contributed by atoms with van der Waals surface area (Å²) in [6, 6.07) is 18.1. The molecule has 0 radical (unpaired) electrons. The SMILES string of the molecule is O=C(O)c1ccc2nc(CN3CCC(c4cccc(OCc5ccc6cnn(C7CCOCC7)c6c5)n4)CC3)n(C[C@@H]3CCO3)c2c1. The number of hydrogen-bond donors (Lipinski definition) is 1. The Kier molecular flexibility index (Phi) is 8.35. The molecule has 6 heterocycles. The number of hydrogen-bond acceptors (Lipinski definition) is 8. The van der Waals surface area contributed by atoms with Gasteiger partial charge in [0.1, 0.15) is 12.4 Å². The first-order chi connectivity index (χ1) is 23.1. The molecule has 11 nitrogen and oxygen atoms in total. The van der Waals surface area contributed by atoms with Crippen molar-refractivity contribution in [1.29, 1.82) is 0 Å². The molecule has 3 aliphatic rings. The van der Waals surface area contributed by atoms with Gasteiger partial charge < -0.3 is 23.9 Å². The number of imidazole rings is 1. The third-order valence-electron chi connectivity index (χ3n) is 9.96. The summed E-state index contributed by atoms with van der Waals surface area (Å²) in [5, 5.41) is 15.4. The lowest BCUT2D eigenvalue weighted by atomic mass is 9.93. The van der Waals surface area contributed by atoms with Crippen molar-refractivity contribution in [2.24, 2.45) is 0 Å². The van der Waals surface area contributed by atoms with E-state index in [1.54, 1.807) is 12.1 Å². The molecule has 1 atom stereocenters. The number of ether oxygens (including phenoxy) is 3. The molecule has 47 heavy (non-hydrogen) atoms. The number of pyridine rings is 1. The van der Waals surface area contributed by atoms with Gasteiger partial charge in [0.25, 0.3) is 0 Å². The van der Waals surface area contributed by atoms with E-state index in [0.29, 0.717) is 37.5 Å². The van der Waals surface area contributed by atoms with Crippen LogP contribution in [0.5, 0.6) is 5.88 Å². The molecule has 2 aromatic carbocycles. The van der Waals surface area contributed by atoms with Crippen molar-refractivity contribution in [1.82, 2.24) is 29.2 Å². The van der Waals surface area contributed by atoms with Crippen molar-refractivity contribution in [3.63, 3.8) is 0 Å². The normalized spacial score (nSPS) is 19.7. The second-order valence-electron chi connectivity index (χ2n) is 13.0. The maximum atomic E-state index is 11.7. The molecule has 3 aromatic heterocycles. The molecule has 0 bridgehead atoms. The van der Waals surface area contributed by atoms with Crippen molar-refractivity contribution < 1.29 is 24.1 Å². The minimum Gasteiger partial charge on any atom is -0.478 e. The Balaban J connectivity index is 0.907. The van der Waals surface area contributed by atoms with Gasteiger partial charge in [0.2, 0.25) is 5.88 Å². The summed E-state index contributed by atoms with van der Waals surface area (Å²) in [4.78, 5) is 23.9. The van der Waals surface area contributed by atoms with Gasteiger partial charge in [0.15, 0.2) is 0 Å². The number of fused-ring (bicyclic) bond motifs is 2. The van der Waals surface area contributed by atoms with Gasteiger partial charge in [0.05, 0.1) is 53.5 Å². The zero-order valence-electron chi connectivity index (χ0n) is 26.5. The minimum absolute atomic E-state index is 0.148. The van der Waals surface area contributed by atoms with E-state index in [0.717, 1.165) is 104 Å². The molecule has 3 fully saturated rings. The highest BCUT2D eigenvalue weighted by Gasteiger charge is 2.26. The van der Waals surface area contributed by atoms with Gasteiger partial charge in [-0.25, -0.2) is 14.8 Å². The molecule has 0 amide bonds. The lowest BCUT2D eigenvalue weighted by Gasteiger charge is -2.32. The fourth-order valence-electron chi connectivity index (χ4n) is 7.14. The van der Waals surface area contributed by atoms with Crippen molar-refractivity contribution >= 4 is 27.9 Å². The largest absolute Gasteiger partial charge is 0.478 e. The van der Waals surface area contributed by atoms with Crippen LogP contribution in [0.15, 0.2) is 60.8 Å². The standard InChI is InChI=1S/C36H40N6O5/c43-36(44)26-6-7-31-33(19-26)41(21-29-12-17-46-29)34(38-31)22-40-13-8-25(9-14-40)30-2-1-3-35(39-30)47-23-24-4-5-27-20-37-42(32(27)18-24)28-10-15-45-16-11-28/h1-7,18-20,25,28-29H,8-17,21-23H2,(H,43,44)/t29-/m0/s1. The number of rotatable bonds is 10. The molecule has 244 valence electrons. The fourth-order valence-corrected chi connectivity index (χ4v) is 7.14. The molecule has 3 saturated heterocycles. The quantitative estimate of drug-likeness (QED) is 0.210. The third kappa shape index (κ3) is 6.35. The van der Waals surface area contributed by atoms with E-state index in [1.165, 1.54) is 0 Å². The highest BCUT2D eigenvalue weighted by molar-refractivity contribution is 5.92. The van der Waals surface area contributed by atoms with Crippen LogP contribution in [0.25, 0.3) is 21.9 Å². The van der Waals surface area contributed by atoms with Gasteiger partial charge in [-0.15, -0.1) is 0 Å². The average molecular weight is 637 g/mol. The molecule has 0 spiro atoms. The second kappa shape index (κ2) is 13.1. The van der Waals surface area contributed by atoms with Gasteiger partial charge in [-0.2, -0.15) is 5.10 Å². The first-order valence-corrected chi connectivity index (χ1v) is 16.8. The number of aromatic nitrogens is 5. The highest BCUT2D eigenvalue weighted by Crippen LogP contribution is 2.31. The summed E-state index contributed by atoms with van der Waals surface area (Å²) in [5.41, 5.74) is 5.27. The molecular formula is C36H40N6O5. The highest BCUT2D eigenvalue weighted by atomic mass is 16.5. The molecule has 0 aliphatic carbocycles. The molecule has 5 aromatic rings. The summed E-state index contributed by atoms with van der Waals surface area (Å²) < 4.78 is 21.8. The summed E-state index contributed by atoms with van der Waals surface area (Å²) in [7, 11) is 0. The molecule has 11 heteroatoms. The van der Waals surface area contributed by atoms with Crippen LogP contribution in [-0.4, -0.2) is 79.3 Å². The van der Waals surface area contributed by atoms with Crippen LogP contribution in [-0.2, 0) is 29.2 Å². The van der Waals surface area contributed by atoms with E-state index in [-0.39, 0.29) is 11.7 Å². The van der Waals surface area contributed by atoms with Crippen LogP contribution < -0.4 is 4.74 Å². The van der Waals surface area contributed by atoms with E-state index in [2.05, 4.69) is 43.5 Å². The van der Waals surface area contributed by atoms with Crippen LogP contribution in [0.2, 0.25) is 0 Å². The molecule has 0 unspecified atom stereocenters. The van der Waals surface area contributed by atoms with Gasteiger partial charge in [0, 0.05) is 42.9 Å². The third-order valence-corrected chi connectivity index (χ3v) is 9.96. The summed E-state index contributed by atoms with van der Waals surface area (Å²) >= 11 is 0. The number of carbonyl (C=O) groups is 1. The van der Waals surface area contributed by atoms with Crippen molar-refractivity contribution in [3.8, 4) is 5.88 Å². The van der Waals surface area contributed by atoms with Crippen molar-refractivity contribution in [2.75, 3.05) is 32.9 Å². The maximum absolute atomic E-state index is 11.7. The van der Waals surface area contributed by atoms with Crippen LogP contribution >= 0.6 is 0 Å². The maximum Gasteiger partial charge on any atom is 0.335 e. The van der Waals surface area contributed by atoms with Crippen LogP contribution in [0.1, 0.15) is 71.5 Å². The van der Waals surface area contributed by atoms with Crippen LogP contribution in [0, 0.1) is 0 Å². The van der Waals surface area contributed by atoms with Crippen LogP contribution in [0.4, 0.5) is 0 Å². The monoisotopic (exact) mass is 636 g/mol. The second-order valence-corrected chi connectivity index (χ2v) is 13.0. The number of nitrogens with zero attached hydrogens (tertiary/aromatic N) is 6. The summed E-state index contributed by atoms with van der Waals surface area (Å²) in [5.74, 6) is 1.04. The van der Waals surface area contributed by atoms with E-state index < -0.39 is 5.97 Å². The molecule has 3 aliphatic heterocycles. The number of carboxylic acids is 1. The Morgan fingerprint density at radius 2 is 1.79 bits per heavy atom. The van der Waals surface area contributed by atoms with Crippen molar-refractivity contribution in [2.45, 2.75) is 69.9 Å². The number of aromatic carboxylic acids is 1. The van der Waals surface area contributed by atoms with Gasteiger partial charge >= 0.3 is 5.97 Å². The van der Waals surface area contributed by atoms with Gasteiger partial charge in [-0.3, -0.25) is 9.58 Å². The first-order valence-electron chi connectivity index (χ1n) is 16.8. The van der Waals surface area contributed by atoms with E-state index in [4.69, 9.17) is 24.2 Å². The topological polar surface area (TPSA) is 117 Å². The minimum atomic E-state index is -0.929. The molecular weight excluding hydrogens is 596 g/mol. The molecule has 0 saturated carbocycles. The van der Waals surface area contributed by atoms with Crippen LogP contribution in [0.3, 0.4) is 0 Å². The number of piperidine rings is 1. The zero-order chi connectivity index (χ0) is 31.7. The number of carboxylic acid groups (broad SMARTS) is 1. The molecule has 1 N–H and O–H groups in total. The smallest absolute Gasteiger partial charge is 0.335 e. The van der Waals surface area contributed by atoms with Gasteiger partial charge in [-0.1, -0.05) is 18.2 Å². The Hall–Kier alpha value is -4.32. The Morgan fingerprint density at radius 3 is 2.57 bits per heavy atom. The number of likely N-dealkylation sites (tertiary alicyclic amines) is 1. The Morgan fingerprint density at radius 1 is 0.936 bits per heavy atom. The molecule has 8 rings (SSSR count). The lowest BCUT2D eigenvalue weighted by molar-refractivity contribution is -0.0592. The Bertz CT molecular complexity index is 1880. The van der Waals surface area contributed by atoms with Gasteiger partial charge in [-0.05, 0) is 81.1 Å².